The zero-order valence-electron chi connectivity index (χ0n) is 11.4. The summed E-state index contributed by atoms with van der Waals surface area (Å²) in [5.74, 6) is -0.204. The summed E-state index contributed by atoms with van der Waals surface area (Å²) < 4.78 is 5.54. The molecule has 0 saturated carbocycles. The van der Waals surface area contributed by atoms with Crippen LogP contribution in [0, 0.1) is 0 Å². The van der Waals surface area contributed by atoms with Gasteiger partial charge in [0.15, 0.2) is 5.78 Å². The van der Waals surface area contributed by atoms with Gasteiger partial charge in [0.25, 0.3) is 0 Å². The molecule has 20 heavy (non-hydrogen) atoms. The van der Waals surface area contributed by atoms with Crippen molar-refractivity contribution in [3.8, 4) is 5.75 Å². The Morgan fingerprint density at radius 1 is 1.50 bits per heavy atom. The number of rotatable bonds is 5. The first-order valence-electron chi connectivity index (χ1n) is 6.78. The molecule has 1 aromatic rings. The number of anilines is 1. The van der Waals surface area contributed by atoms with Gasteiger partial charge in [-0.05, 0) is 37.7 Å². The summed E-state index contributed by atoms with van der Waals surface area (Å²) in [6.45, 7) is 3.42. The van der Waals surface area contributed by atoms with Crippen LogP contribution in [0.1, 0.15) is 16.8 Å². The van der Waals surface area contributed by atoms with E-state index in [9.17, 15) is 9.90 Å². The van der Waals surface area contributed by atoms with Gasteiger partial charge in [-0.15, -0.1) is 0 Å². The van der Waals surface area contributed by atoms with E-state index in [0.717, 1.165) is 19.5 Å². The molecular weight excluding hydrogens is 258 g/mol. The van der Waals surface area contributed by atoms with Crippen LogP contribution in [0.4, 0.5) is 5.69 Å². The third-order valence-corrected chi connectivity index (χ3v) is 3.44. The molecule has 1 saturated heterocycles. The lowest BCUT2D eigenvalue weighted by Gasteiger charge is -2.32. The monoisotopic (exact) mass is 279 g/mol. The van der Waals surface area contributed by atoms with Gasteiger partial charge in [0.05, 0.1) is 12.3 Å². The van der Waals surface area contributed by atoms with Crippen LogP contribution in [0.3, 0.4) is 0 Å². The molecule has 2 rings (SSSR count). The number of carbonyl (C=O) groups excluding carboxylic acids is 1. The summed E-state index contributed by atoms with van der Waals surface area (Å²) in [5, 5.41) is 9.57. The molecule has 110 valence electrons. The number of hydrogen-bond donors (Lipinski definition) is 3. The van der Waals surface area contributed by atoms with Crippen molar-refractivity contribution in [2.45, 2.75) is 12.5 Å². The summed E-state index contributed by atoms with van der Waals surface area (Å²) >= 11 is 0. The highest BCUT2D eigenvalue weighted by atomic mass is 16.5. The number of nitrogens with two attached hydrogens (primary N) is 2. The first-order valence-corrected chi connectivity index (χ1v) is 6.78. The highest BCUT2D eigenvalue weighted by Crippen LogP contribution is 2.22. The first-order chi connectivity index (χ1) is 9.61. The summed E-state index contributed by atoms with van der Waals surface area (Å²) in [4.78, 5) is 14.5. The van der Waals surface area contributed by atoms with E-state index in [0.29, 0.717) is 25.3 Å². The van der Waals surface area contributed by atoms with Gasteiger partial charge in [-0.3, -0.25) is 9.69 Å². The molecule has 0 aliphatic carbocycles. The minimum atomic E-state index is -0.496. The second-order valence-electron chi connectivity index (χ2n) is 4.94. The van der Waals surface area contributed by atoms with Crippen LogP contribution >= 0.6 is 0 Å². The van der Waals surface area contributed by atoms with E-state index in [1.54, 1.807) is 6.07 Å². The summed E-state index contributed by atoms with van der Waals surface area (Å²) in [6, 6.07) is 4.52. The van der Waals surface area contributed by atoms with Crippen molar-refractivity contribution in [2.24, 2.45) is 5.73 Å². The van der Waals surface area contributed by atoms with Crippen LogP contribution < -0.4 is 11.5 Å². The Morgan fingerprint density at radius 3 is 3.00 bits per heavy atom. The van der Waals surface area contributed by atoms with Gasteiger partial charge in [-0.25, -0.2) is 0 Å². The van der Waals surface area contributed by atoms with Gasteiger partial charge in [-0.2, -0.15) is 0 Å². The molecule has 0 bridgehead atoms. The largest absolute Gasteiger partial charge is 0.506 e. The zero-order chi connectivity index (χ0) is 14.5. The molecule has 0 aromatic heterocycles. The Morgan fingerprint density at radius 2 is 2.30 bits per heavy atom. The van der Waals surface area contributed by atoms with Crippen molar-refractivity contribution in [2.75, 3.05) is 38.5 Å². The fourth-order valence-corrected chi connectivity index (χ4v) is 2.26. The molecule has 1 aromatic carbocycles. The number of carbonyl (C=O) groups is 1. The van der Waals surface area contributed by atoms with Crippen LogP contribution in [0.15, 0.2) is 18.2 Å². The van der Waals surface area contributed by atoms with E-state index in [4.69, 9.17) is 16.2 Å². The van der Waals surface area contributed by atoms with Crippen molar-refractivity contribution in [1.29, 1.82) is 0 Å². The molecule has 6 heteroatoms. The van der Waals surface area contributed by atoms with Crippen molar-refractivity contribution in [3.05, 3.63) is 23.8 Å². The Balaban J connectivity index is 2.02. The number of morpholine rings is 1. The number of nitrogens with zero attached hydrogens (tertiary/aromatic N) is 1. The van der Waals surface area contributed by atoms with Gasteiger partial charge in [-0.1, -0.05) is 0 Å². The highest BCUT2D eigenvalue weighted by molar-refractivity contribution is 6.00. The number of ether oxygens (including phenoxy) is 1. The number of Topliss-reactive ketones (excluding diaryl/α,β-unsaturated/α-hetero) is 1. The van der Waals surface area contributed by atoms with Crippen LogP contribution in [-0.4, -0.2) is 54.7 Å². The Kier molecular flexibility index (Phi) is 4.94. The summed E-state index contributed by atoms with van der Waals surface area (Å²) in [6.07, 6.45) is 0.411. The quantitative estimate of drug-likeness (QED) is 0.404. The molecule has 1 aliphatic heterocycles. The molecule has 1 fully saturated rings. The zero-order valence-corrected chi connectivity index (χ0v) is 11.4. The third kappa shape index (κ3) is 3.47. The predicted octanol–water partition coefficient (Wildman–Crippen LogP) is 0.207. The van der Waals surface area contributed by atoms with Crippen molar-refractivity contribution >= 4 is 11.5 Å². The second-order valence-corrected chi connectivity index (χ2v) is 4.94. The number of phenolic OH excluding ortho intramolecular Hbond substituents is 1. The van der Waals surface area contributed by atoms with E-state index in [1.807, 2.05) is 0 Å². The number of ketones is 1. The molecule has 6 nitrogen and oxygen atoms in total. The molecule has 1 aliphatic rings. The van der Waals surface area contributed by atoms with E-state index in [1.165, 1.54) is 12.1 Å². The molecule has 0 amide bonds. The Hall–Kier alpha value is -1.63. The number of phenols is 1. The Labute approximate surface area is 118 Å². The number of aromatic hydroxyl groups is 1. The predicted molar refractivity (Wildman–Crippen MR) is 76.7 cm³/mol. The fraction of sp³-hybridized carbons (Fsp3) is 0.500. The van der Waals surface area contributed by atoms with Crippen LogP contribution in [0.2, 0.25) is 0 Å². The van der Waals surface area contributed by atoms with Crippen molar-refractivity contribution in [1.82, 2.24) is 4.90 Å². The molecule has 0 radical (unpaired) electrons. The van der Waals surface area contributed by atoms with Gasteiger partial charge >= 0.3 is 0 Å². The van der Waals surface area contributed by atoms with Gasteiger partial charge in [0, 0.05) is 18.7 Å². The van der Waals surface area contributed by atoms with Gasteiger partial charge < -0.3 is 21.3 Å². The first kappa shape index (κ1) is 14.8. The van der Waals surface area contributed by atoms with Crippen molar-refractivity contribution < 1.29 is 14.6 Å². The topological polar surface area (TPSA) is 102 Å². The minimum Gasteiger partial charge on any atom is -0.506 e. The maximum Gasteiger partial charge on any atom is 0.193 e. The average molecular weight is 279 g/mol. The van der Waals surface area contributed by atoms with Gasteiger partial charge in [0.1, 0.15) is 11.9 Å². The lowest BCUT2D eigenvalue weighted by molar-refractivity contribution is -0.0165. The second kappa shape index (κ2) is 6.69. The van der Waals surface area contributed by atoms with Gasteiger partial charge in [0.2, 0.25) is 0 Å². The molecule has 1 heterocycles. The van der Waals surface area contributed by atoms with E-state index in [2.05, 4.69) is 4.90 Å². The van der Waals surface area contributed by atoms with Crippen LogP contribution in [-0.2, 0) is 4.74 Å². The summed E-state index contributed by atoms with van der Waals surface area (Å²) in [5.41, 5.74) is 11.7. The smallest absolute Gasteiger partial charge is 0.193 e. The van der Waals surface area contributed by atoms with E-state index < -0.39 is 6.10 Å². The van der Waals surface area contributed by atoms with Crippen molar-refractivity contribution in [3.63, 3.8) is 0 Å². The number of hydrogen-bond acceptors (Lipinski definition) is 6. The maximum absolute atomic E-state index is 12.4. The van der Waals surface area contributed by atoms with E-state index in [-0.39, 0.29) is 17.2 Å². The molecular formula is C14H21N3O3. The molecule has 5 N–H and O–H groups in total. The average Bonchev–Trinajstić information content (AvgIpc) is 2.47. The van der Waals surface area contributed by atoms with Crippen LogP contribution in [0.25, 0.3) is 0 Å². The highest BCUT2D eigenvalue weighted by Gasteiger charge is 2.27. The number of benzene rings is 1. The maximum atomic E-state index is 12.4. The lowest BCUT2D eigenvalue weighted by atomic mass is 10.0. The third-order valence-electron chi connectivity index (χ3n) is 3.44. The Bertz CT molecular complexity index is 479. The normalized spacial score (nSPS) is 19.9. The number of nitrogen functional groups attached to an aromatic ring is 1. The molecule has 1 atom stereocenters. The molecule has 0 spiro atoms. The van der Waals surface area contributed by atoms with E-state index >= 15 is 0 Å². The SMILES string of the molecule is NCCCN1CCOC(C(=O)c2ccc(N)c(O)c2)C1. The standard InChI is InChI=1S/C14H21N3O3/c15-4-1-5-17-6-7-20-13(9-17)14(19)10-2-3-11(16)12(18)8-10/h2-3,8,13,18H,1,4-7,9,15-16H2. The lowest BCUT2D eigenvalue weighted by Crippen LogP contribution is -2.46. The fourth-order valence-electron chi connectivity index (χ4n) is 2.26. The minimum absolute atomic E-state index is 0.0772. The molecule has 1 unspecified atom stereocenters. The van der Waals surface area contributed by atoms with Crippen LogP contribution in [0.5, 0.6) is 5.75 Å². The summed E-state index contributed by atoms with van der Waals surface area (Å²) in [7, 11) is 0.